The predicted octanol–water partition coefficient (Wildman–Crippen LogP) is 3.13. The fourth-order valence-electron chi connectivity index (χ4n) is 2.30. The van der Waals surface area contributed by atoms with Crippen molar-refractivity contribution in [1.29, 1.82) is 0 Å². The van der Waals surface area contributed by atoms with Gasteiger partial charge in [0.15, 0.2) is 0 Å². The zero-order valence-electron chi connectivity index (χ0n) is 11.3. The highest BCUT2D eigenvalue weighted by atomic mass is 16.5. The van der Waals surface area contributed by atoms with E-state index in [0.29, 0.717) is 0 Å². The van der Waals surface area contributed by atoms with Crippen LogP contribution < -0.4 is 5.32 Å². The molecule has 2 rings (SSSR count). The summed E-state index contributed by atoms with van der Waals surface area (Å²) in [7, 11) is 0. The number of nitrogens with zero attached hydrogens (tertiary/aromatic N) is 1. The first kappa shape index (κ1) is 13.1. The van der Waals surface area contributed by atoms with Gasteiger partial charge in [-0.25, -0.2) is 0 Å². The molecule has 98 valence electrons. The van der Waals surface area contributed by atoms with Crippen molar-refractivity contribution in [3.8, 4) is 0 Å². The number of aryl methyl sites for hydroxylation is 1. The molecule has 0 spiro atoms. The zero-order valence-corrected chi connectivity index (χ0v) is 11.3. The molecule has 0 fully saturated rings. The van der Waals surface area contributed by atoms with Crippen molar-refractivity contribution in [3.63, 3.8) is 0 Å². The smallest absolute Gasteiger partial charge is 0.0876 e. The third-order valence-electron chi connectivity index (χ3n) is 3.19. The lowest BCUT2D eigenvalue weighted by Crippen LogP contribution is -2.25. The van der Waals surface area contributed by atoms with Gasteiger partial charge >= 0.3 is 0 Å². The van der Waals surface area contributed by atoms with Gasteiger partial charge in [0.2, 0.25) is 0 Å². The molecule has 1 unspecified atom stereocenters. The fraction of sp³-hybridized carbons (Fsp3) is 0.533. The normalized spacial score (nSPS) is 16.9. The van der Waals surface area contributed by atoms with Crippen molar-refractivity contribution in [2.24, 2.45) is 0 Å². The van der Waals surface area contributed by atoms with Crippen LogP contribution in [0.2, 0.25) is 0 Å². The van der Waals surface area contributed by atoms with E-state index in [1.54, 1.807) is 0 Å². The van der Waals surface area contributed by atoms with E-state index in [9.17, 15) is 0 Å². The first-order valence-electron chi connectivity index (χ1n) is 6.77. The lowest BCUT2D eigenvalue weighted by Gasteiger charge is -2.25. The van der Waals surface area contributed by atoms with Crippen LogP contribution in [0, 0.1) is 6.92 Å². The lowest BCUT2D eigenvalue weighted by atomic mass is 9.95. The Labute approximate surface area is 109 Å². The molecule has 1 aliphatic heterocycles. The van der Waals surface area contributed by atoms with Crippen molar-refractivity contribution in [1.82, 2.24) is 10.3 Å². The molecule has 0 aliphatic carbocycles. The van der Waals surface area contributed by atoms with Gasteiger partial charge in [-0.2, -0.15) is 0 Å². The Hall–Kier alpha value is -1.35. The van der Waals surface area contributed by atoms with E-state index in [0.717, 1.165) is 38.1 Å². The predicted molar refractivity (Wildman–Crippen MR) is 73.3 cm³/mol. The van der Waals surface area contributed by atoms with Crippen molar-refractivity contribution in [2.75, 3.05) is 13.2 Å². The van der Waals surface area contributed by atoms with Gasteiger partial charge in [-0.3, -0.25) is 4.98 Å². The van der Waals surface area contributed by atoms with Crippen LogP contribution in [-0.4, -0.2) is 18.1 Å². The zero-order chi connectivity index (χ0) is 12.8. The summed E-state index contributed by atoms with van der Waals surface area (Å²) < 4.78 is 5.48. The lowest BCUT2D eigenvalue weighted by molar-refractivity contribution is 0.219. The molecule has 1 aliphatic rings. The highest BCUT2D eigenvalue weighted by Gasteiger charge is 2.18. The number of hydrogen-bond donors (Lipinski definition) is 1. The fourth-order valence-corrected chi connectivity index (χ4v) is 2.30. The van der Waals surface area contributed by atoms with E-state index in [1.165, 1.54) is 11.1 Å². The Morgan fingerprint density at radius 3 is 3.06 bits per heavy atom. The van der Waals surface area contributed by atoms with Gasteiger partial charge < -0.3 is 10.1 Å². The Morgan fingerprint density at radius 2 is 2.39 bits per heavy atom. The summed E-state index contributed by atoms with van der Waals surface area (Å²) in [6.07, 6.45) is 7.18. The summed E-state index contributed by atoms with van der Waals surface area (Å²) in [5, 5.41) is 3.61. The molecule has 0 bridgehead atoms. The van der Waals surface area contributed by atoms with E-state index in [4.69, 9.17) is 4.74 Å². The van der Waals surface area contributed by atoms with Gasteiger partial charge in [0.25, 0.3) is 0 Å². The Bertz CT molecular complexity index is 415. The maximum atomic E-state index is 5.48. The first-order chi connectivity index (χ1) is 8.81. The van der Waals surface area contributed by atoms with Crippen molar-refractivity contribution in [2.45, 2.75) is 39.2 Å². The van der Waals surface area contributed by atoms with Crippen LogP contribution in [0.15, 0.2) is 30.2 Å². The second-order valence-corrected chi connectivity index (χ2v) is 4.78. The van der Waals surface area contributed by atoms with Crippen LogP contribution in [0.5, 0.6) is 0 Å². The molecular formula is C15H22N2O. The molecule has 2 heterocycles. The molecule has 0 saturated heterocycles. The van der Waals surface area contributed by atoms with E-state index in [-0.39, 0.29) is 6.04 Å². The van der Waals surface area contributed by atoms with E-state index >= 15 is 0 Å². The summed E-state index contributed by atoms with van der Waals surface area (Å²) in [5.74, 6) is 0. The highest BCUT2D eigenvalue weighted by Crippen LogP contribution is 2.27. The molecule has 1 atom stereocenters. The Kier molecular flexibility index (Phi) is 4.76. The van der Waals surface area contributed by atoms with Gasteiger partial charge in [-0.1, -0.05) is 6.92 Å². The first-order valence-corrected chi connectivity index (χ1v) is 6.77. The number of hydrogen-bond acceptors (Lipinski definition) is 3. The molecule has 0 amide bonds. The third-order valence-corrected chi connectivity index (χ3v) is 3.19. The molecule has 18 heavy (non-hydrogen) atoms. The molecule has 0 aromatic carbocycles. The van der Waals surface area contributed by atoms with Crippen LogP contribution in [0.25, 0.3) is 0 Å². The average Bonchev–Trinajstić information content (AvgIpc) is 2.40. The van der Waals surface area contributed by atoms with Gasteiger partial charge in [0.05, 0.1) is 18.9 Å². The molecule has 0 radical (unpaired) electrons. The van der Waals surface area contributed by atoms with E-state index in [2.05, 4.69) is 29.4 Å². The van der Waals surface area contributed by atoms with E-state index in [1.807, 2.05) is 19.4 Å². The van der Waals surface area contributed by atoms with Crippen molar-refractivity contribution < 1.29 is 4.74 Å². The number of aromatic nitrogens is 1. The average molecular weight is 246 g/mol. The molecular weight excluding hydrogens is 224 g/mol. The van der Waals surface area contributed by atoms with Gasteiger partial charge in [0.1, 0.15) is 0 Å². The third kappa shape index (κ3) is 3.33. The van der Waals surface area contributed by atoms with Crippen LogP contribution in [0.3, 0.4) is 0 Å². The van der Waals surface area contributed by atoms with Gasteiger partial charge in [-0.05, 0) is 56.0 Å². The number of rotatable bonds is 5. The molecule has 0 saturated carbocycles. The van der Waals surface area contributed by atoms with Crippen LogP contribution in [-0.2, 0) is 4.74 Å². The maximum Gasteiger partial charge on any atom is 0.0876 e. The minimum atomic E-state index is 0.270. The largest absolute Gasteiger partial charge is 0.501 e. The quantitative estimate of drug-likeness (QED) is 0.866. The Morgan fingerprint density at radius 1 is 1.50 bits per heavy atom. The monoisotopic (exact) mass is 246 g/mol. The Balaban J connectivity index is 2.21. The van der Waals surface area contributed by atoms with Gasteiger partial charge in [0, 0.05) is 11.9 Å². The number of nitrogens with one attached hydrogen (secondary N) is 1. The van der Waals surface area contributed by atoms with Crippen LogP contribution in [0.4, 0.5) is 0 Å². The molecule has 3 nitrogen and oxygen atoms in total. The molecule has 1 N–H and O–H groups in total. The second kappa shape index (κ2) is 6.55. The molecule has 3 heteroatoms. The number of ether oxygens (including phenoxy) is 1. The van der Waals surface area contributed by atoms with Crippen molar-refractivity contribution >= 4 is 0 Å². The summed E-state index contributed by atoms with van der Waals surface area (Å²) in [4.78, 5) is 4.27. The SMILES string of the molecule is CCCNC(C1=COCCC1)c1ccnc(C)c1. The maximum absolute atomic E-state index is 5.48. The summed E-state index contributed by atoms with van der Waals surface area (Å²) in [6, 6.07) is 4.52. The summed E-state index contributed by atoms with van der Waals surface area (Å²) in [6.45, 7) is 6.09. The van der Waals surface area contributed by atoms with Crippen LogP contribution in [0.1, 0.15) is 43.5 Å². The van der Waals surface area contributed by atoms with E-state index < -0.39 is 0 Å². The topological polar surface area (TPSA) is 34.1 Å². The minimum absolute atomic E-state index is 0.270. The van der Waals surface area contributed by atoms with Crippen molar-refractivity contribution in [3.05, 3.63) is 41.4 Å². The second-order valence-electron chi connectivity index (χ2n) is 4.78. The molecule has 1 aromatic heterocycles. The molecule has 1 aromatic rings. The summed E-state index contributed by atoms with van der Waals surface area (Å²) >= 11 is 0. The van der Waals surface area contributed by atoms with Gasteiger partial charge in [-0.15, -0.1) is 0 Å². The van der Waals surface area contributed by atoms with Crippen LogP contribution >= 0.6 is 0 Å². The standard InChI is InChI=1S/C15H22N2O/c1-3-7-17-15(14-5-4-9-18-11-14)13-6-8-16-12(2)10-13/h6,8,10-11,15,17H,3-5,7,9H2,1-2H3. The summed E-state index contributed by atoms with van der Waals surface area (Å²) in [5.41, 5.74) is 3.70. The number of pyridine rings is 1. The minimum Gasteiger partial charge on any atom is -0.501 e. The highest BCUT2D eigenvalue weighted by molar-refractivity contribution is 5.28.